The van der Waals surface area contributed by atoms with Gasteiger partial charge in [0, 0.05) is 12.2 Å². The van der Waals surface area contributed by atoms with E-state index in [1.165, 1.54) is 0 Å². The maximum atomic E-state index is 12.5. The van der Waals surface area contributed by atoms with E-state index in [0.29, 0.717) is 19.0 Å². The Labute approximate surface area is 151 Å². The Hall–Kier alpha value is -2.99. The molecule has 2 aromatic carbocycles. The van der Waals surface area contributed by atoms with Crippen LogP contribution < -0.4 is 5.32 Å². The lowest BCUT2D eigenvalue weighted by molar-refractivity contribution is 0.00110. The second-order valence-electron chi connectivity index (χ2n) is 6.27. The maximum absolute atomic E-state index is 12.5. The lowest BCUT2D eigenvalue weighted by atomic mass is 9.90. The first-order chi connectivity index (χ1) is 12.8. The Morgan fingerprint density at radius 2 is 1.77 bits per heavy atom. The number of ether oxygens (including phenoxy) is 1. The second kappa shape index (κ2) is 7.09. The van der Waals surface area contributed by atoms with Gasteiger partial charge in [-0.25, -0.2) is 0 Å². The normalized spacial score (nSPS) is 19.4. The van der Waals surface area contributed by atoms with Crippen LogP contribution in [0.3, 0.4) is 0 Å². The fourth-order valence-electron chi connectivity index (χ4n) is 3.22. The van der Waals surface area contributed by atoms with E-state index in [0.717, 1.165) is 24.0 Å². The highest BCUT2D eigenvalue weighted by molar-refractivity contribution is 5.89. The van der Waals surface area contributed by atoms with Crippen LogP contribution in [0.1, 0.15) is 29.1 Å². The summed E-state index contributed by atoms with van der Waals surface area (Å²) in [6.07, 6.45) is 1.82. The lowest BCUT2D eigenvalue weighted by Crippen LogP contribution is -2.40. The molecule has 0 bridgehead atoms. The summed E-state index contributed by atoms with van der Waals surface area (Å²) in [7, 11) is 0. The Bertz CT molecular complexity index is 872. The van der Waals surface area contributed by atoms with E-state index < -0.39 is 11.5 Å². The summed E-state index contributed by atoms with van der Waals surface area (Å²) in [5, 5.41) is 10.7. The molecule has 0 saturated carbocycles. The number of carbonyl (C=O) groups is 1. The Kier molecular flexibility index (Phi) is 4.50. The van der Waals surface area contributed by atoms with Crippen LogP contribution in [-0.4, -0.2) is 29.3 Å². The zero-order valence-electron chi connectivity index (χ0n) is 14.2. The van der Waals surface area contributed by atoms with Crippen LogP contribution in [0, 0.1) is 0 Å². The molecule has 1 unspecified atom stereocenters. The number of nitrogens with zero attached hydrogens (tertiary/aromatic N) is 2. The van der Waals surface area contributed by atoms with Crippen LogP contribution in [0.2, 0.25) is 0 Å². The van der Waals surface area contributed by atoms with Gasteiger partial charge in [0.15, 0.2) is 0 Å². The molecule has 4 rings (SSSR count). The minimum absolute atomic E-state index is 0.0509. The van der Waals surface area contributed by atoms with Crippen molar-refractivity contribution in [1.29, 1.82) is 0 Å². The topological polar surface area (TPSA) is 77.2 Å². The van der Waals surface area contributed by atoms with Crippen molar-refractivity contribution in [2.75, 3.05) is 13.2 Å². The van der Waals surface area contributed by atoms with Crippen LogP contribution in [-0.2, 0) is 10.3 Å². The summed E-state index contributed by atoms with van der Waals surface area (Å²) >= 11 is 0. The smallest absolute Gasteiger partial charge is 0.308 e. The van der Waals surface area contributed by atoms with Crippen molar-refractivity contribution in [1.82, 2.24) is 15.5 Å². The molecule has 1 saturated heterocycles. The van der Waals surface area contributed by atoms with Gasteiger partial charge in [0.05, 0.1) is 6.54 Å². The molecule has 6 nitrogen and oxygen atoms in total. The zero-order valence-corrected chi connectivity index (χ0v) is 14.2. The average Bonchev–Trinajstić information content (AvgIpc) is 3.38. The van der Waals surface area contributed by atoms with Crippen molar-refractivity contribution >= 4 is 5.91 Å². The number of rotatable bonds is 5. The number of amides is 1. The van der Waals surface area contributed by atoms with Gasteiger partial charge in [-0.05, 0) is 30.5 Å². The lowest BCUT2D eigenvalue weighted by Gasteiger charge is -2.29. The van der Waals surface area contributed by atoms with E-state index in [-0.39, 0.29) is 5.89 Å². The molecule has 6 heteroatoms. The van der Waals surface area contributed by atoms with Gasteiger partial charge >= 0.3 is 11.8 Å². The SMILES string of the molecule is O=C(NCC1(c2ccccc2)CCCO1)c1nnc(-c2ccccc2)o1. The van der Waals surface area contributed by atoms with Gasteiger partial charge in [0.25, 0.3) is 0 Å². The van der Waals surface area contributed by atoms with Gasteiger partial charge < -0.3 is 14.5 Å². The monoisotopic (exact) mass is 349 g/mol. The molecule has 0 spiro atoms. The van der Waals surface area contributed by atoms with Gasteiger partial charge in [-0.15, -0.1) is 10.2 Å². The van der Waals surface area contributed by atoms with Crippen molar-refractivity contribution in [3.63, 3.8) is 0 Å². The summed E-state index contributed by atoms with van der Waals surface area (Å²) < 4.78 is 11.5. The van der Waals surface area contributed by atoms with Crippen molar-refractivity contribution in [2.45, 2.75) is 18.4 Å². The van der Waals surface area contributed by atoms with Gasteiger partial charge in [0.2, 0.25) is 5.89 Å². The van der Waals surface area contributed by atoms with Gasteiger partial charge in [0.1, 0.15) is 5.60 Å². The molecular formula is C20H19N3O3. The first kappa shape index (κ1) is 16.5. The third kappa shape index (κ3) is 3.23. The molecule has 0 aliphatic carbocycles. The molecule has 26 heavy (non-hydrogen) atoms. The summed E-state index contributed by atoms with van der Waals surface area (Å²) in [5.41, 5.74) is 1.34. The molecule has 1 aliphatic rings. The third-order valence-corrected chi connectivity index (χ3v) is 4.58. The minimum Gasteiger partial charge on any atom is -0.412 e. The number of nitrogens with one attached hydrogen (secondary N) is 1. The first-order valence-corrected chi connectivity index (χ1v) is 8.63. The van der Waals surface area contributed by atoms with Gasteiger partial charge in [-0.2, -0.15) is 0 Å². The predicted molar refractivity (Wildman–Crippen MR) is 95.4 cm³/mol. The largest absolute Gasteiger partial charge is 0.412 e. The fourth-order valence-corrected chi connectivity index (χ4v) is 3.22. The van der Waals surface area contributed by atoms with E-state index in [1.807, 2.05) is 60.7 Å². The Morgan fingerprint density at radius 1 is 1.04 bits per heavy atom. The minimum atomic E-state index is -0.501. The quantitative estimate of drug-likeness (QED) is 0.765. The summed E-state index contributed by atoms with van der Waals surface area (Å²) in [6.45, 7) is 1.04. The van der Waals surface area contributed by atoms with Crippen molar-refractivity contribution < 1.29 is 13.9 Å². The molecule has 0 radical (unpaired) electrons. The van der Waals surface area contributed by atoms with Gasteiger partial charge in [-0.1, -0.05) is 48.5 Å². The summed E-state index contributed by atoms with van der Waals surface area (Å²) in [4.78, 5) is 12.5. The molecular weight excluding hydrogens is 330 g/mol. The van der Waals surface area contributed by atoms with Crippen molar-refractivity contribution in [2.24, 2.45) is 0 Å². The van der Waals surface area contributed by atoms with Crippen molar-refractivity contribution in [3.8, 4) is 11.5 Å². The summed E-state index contributed by atoms with van der Waals surface area (Å²) in [5.74, 6) is -0.124. The molecule has 1 fully saturated rings. The molecule has 2 heterocycles. The number of aromatic nitrogens is 2. The highest BCUT2D eigenvalue weighted by Gasteiger charge is 2.37. The average molecular weight is 349 g/mol. The van der Waals surface area contributed by atoms with E-state index >= 15 is 0 Å². The van der Waals surface area contributed by atoms with E-state index in [1.54, 1.807) is 0 Å². The third-order valence-electron chi connectivity index (χ3n) is 4.58. The Morgan fingerprint density at radius 3 is 2.46 bits per heavy atom. The fraction of sp³-hybridized carbons (Fsp3) is 0.250. The molecule has 1 aromatic heterocycles. The molecule has 132 valence electrons. The number of hydrogen-bond donors (Lipinski definition) is 1. The summed E-state index contributed by atoms with van der Waals surface area (Å²) in [6, 6.07) is 19.3. The van der Waals surface area contributed by atoms with E-state index in [4.69, 9.17) is 9.15 Å². The van der Waals surface area contributed by atoms with Crippen LogP contribution in [0.15, 0.2) is 65.1 Å². The van der Waals surface area contributed by atoms with E-state index in [9.17, 15) is 4.79 Å². The number of benzene rings is 2. The van der Waals surface area contributed by atoms with Crippen LogP contribution in [0.5, 0.6) is 0 Å². The van der Waals surface area contributed by atoms with Gasteiger partial charge in [-0.3, -0.25) is 4.79 Å². The highest BCUT2D eigenvalue weighted by Crippen LogP contribution is 2.35. The van der Waals surface area contributed by atoms with Crippen LogP contribution in [0.25, 0.3) is 11.5 Å². The van der Waals surface area contributed by atoms with Crippen LogP contribution >= 0.6 is 0 Å². The highest BCUT2D eigenvalue weighted by atomic mass is 16.5. The van der Waals surface area contributed by atoms with Crippen LogP contribution in [0.4, 0.5) is 0 Å². The molecule has 1 aliphatic heterocycles. The number of carbonyl (C=O) groups excluding carboxylic acids is 1. The molecule has 1 N–H and O–H groups in total. The zero-order chi connectivity index (χ0) is 17.8. The Balaban J connectivity index is 1.47. The molecule has 3 aromatic rings. The maximum Gasteiger partial charge on any atom is 0.308 e. The van der Waals surface area contributed by atoms with Crippen molar-refractivity contribution in [3.05, 3.63) is 72.1 Å². The predicted octanol–water partition coefficient (Wildman–Crippen LogP) is 3.17. The first-order valence-electron chi connectivity index (χ1n) is 8.63. The molecule has 1 atom stereocenters. The van der Waals surface area contributed by atoms with E-state index in [2.05, 4.69) is 15.5 Å². The standard InChI is InChI=1S/C20H19N3O3/c24-17(19-23-22-18(26-19)15-8-3-1-4-9-15)21-14-20(12-7-13-25-20)16-10-5-2-6-11-16/h1-6,8-11H,7,12-14H2,(H,21,24). The second-order valence-corrected chi connectivity index (χ2v) is 6.27. The molecule has 1 amide bonds. The number of hydrogen-bond acceptors (Lipinski definition) is 5.